The van der Waals surface area contributed by atoms with Gasteiger partial charge in [0.25, 0.3) is 10.1 Å². The van der Waals surface area contributed by atoms with Gasteiger partial charge in [-0.05, 0) is 25.1 Å². The van der Waals surface area contributed by atoms with E-state index in [4.69, 9.17) is 4.74 Å². The Kier molecular flexibility index (Phi) is 4.69. The number of methoxy groups -OCH3 is 1. The van der Waals surface area contributed by atoms with E-state index in [0.29, 0.717) is 6.61 Å². The van der Waals surface area contributed by atoms with Gasteiger partial charge in [-0.15, -0.1) is 0 Å². The van der Waals surface area contributed by atoms with Gasteiger partial charge >= 0.3 is 5.97 Å². The second-order valence-corrected chi connectivity index (χ2v) is 4.92. The van der Waals surface area contributed by atoms with Crippen LogP contribution in [0.25, 0.3) is 0 Å². The van der Waals surface area contributed by atoms with Crippen molar-refractivity contribution in [1.29, 1.82) is 0 Å². The van der Waals surface area contributed by atoms with Crippen LogP contribution in [0.3, 0.4) is 0 Å². The van der Waals surface area contributed by atoms with Crippen LogP contribution in [-0.4, -0.2) is 35.2 Å². The van der Waals surface area contributed by atoms with Gasteiger partial charge in [0.05, 0.1) is 25.7 Å². The largest absolute Gasteiger partial charge is 0.493 e. The van der Waals surface area contributed by atoms with E-state index >= 15 is 0 Å². The van der Waals surface area contributed by atoms with Gasteiger partial charge in [0, 0.05) is 0 Å². The third-order valence-electron chi connectivity index (χ3n) is 2.16. The molecule has 7 heteroatoms. The average Bonchev–Trinajstić information content (AvgIpc) is 2.38. The maximum Gasteiger partial charge on any atom is 0.341 e. The third-order valence-corrected chi connectivity index (χ3v) is 3.43. The van der Waals surface area contributed by atoms with Crippen molar-refractivity contribution >= 4 is 16.1 Å². The molecular weight excluding hydrogens is 260 g/mol. The zero-order valence-corrected chi connectivity index (χ0v) is 11.1. The molecule has 0 saturated carbocycles. The lowest BCUT2D eigenvalue weighted by Gasteiger charge is -2.10. The van der Waals surface area contributed by atoms with Gasteiger partial charge in [-0.2, -0.15) is 8.42 Å². The van der Waals surface area contributed by atoms with Gasteiger partial charge in [-0.3, -0.25) is 4.18 Å². The van der Waals surface area contributed by atoms with Crippen LogP contribution in [0, 0.1) is 0 Å². The maximum absolute atomic E-state index is 11.5. The summed E-state index contributed by atoms with van der Waals surface area (Å²) >= 11 is 0. The van der Waals surface area contributed by atoms with Crippen molar-refractivity contribution in [3.05, 3.63) is 23.8 Å². The Labute approximate surface area is 106 Å². The fourth-order valence-corrected chi connectivity index (χ4v) is 2.00. The number of hydrogen-bond donors (Lipinski definition) is 0. The normalized spacial score (nSPS) is 11.1. The molecule has 0 aliphatic carbocycles. The summed E-state index contributed by atoms with van der Waals surface area (Å²) in [4.78, 5) is 11.4. The smallest absolute Gasteiger partial charge is 0.341 e. The minimum absolute atomic E-state index is 0.0393. The molecule has 18 heavy (non-hydrogen) atoms. The molecule has 0 unspecified atom stereocenters. The highest BCUT2D eigenvalue weighted by Gasteiger charge is 2.20. The highest BCUT2D eigenvalue weighted by Crippen LogP contribution is 2.24. The van der Waals surface area contributed by atoms with E-state index in [1.165, 1.54) is 19.2 Å². The lowest BCUT2D eigenvalue weighted by molar-refractivity contribution is 0.0596. The van der Waals surface area contributed by atoms with E-state index in [0.717, 1.165) is 13.2 Å². The molecule has 100 valence electrons. The van der Waals surface area contributed by atoms with Gasteiger partial charge < -0.3 is 9.47 Å². The van der Waals surface area contributed by atoms with Crippen molar-refractivity contribution in [1.82, 2.24) is 0 Å². The first-order valence-electron chi connectivity index (χ1n) is 5.12. The SMILES string of the molecule is CCOc1ccc(S(=O)(=O)OC)cc1C(=O)OC. The molecule has 1 rings (SSSR count). The molecule has 0 bridgehead atoms. The molecule has 1 aromatic rings. The Morgan fingerprint density at radius 2 is 1.94 bits per heavy atom. The maximum atomic E-state index is 11.5. The molecule has 6 nitrogen and oxygen atoms in total. The minimum Gasteiger partial charge on any atom is -0.493 e. The van der Waals surface area contributed by atoms with Crippen LogP contribution in [0.5, 0.6) is 5.75 Å². The Morgan fingerprint density at radius 3 is 2.44 bits per heavy atom. The quantitative estimate of drug-likeness (QED) is 0.593. The molecular formula is C11H14O6S. The fourth-order valence-electron chi connectivity index (χ4n) is 1.31. The summed E-state index contributed by atoms with van der Waals surface area (Å²) in [6, 6.07) is 3.85. The second kappa shape index (κ2) is 5.83. The Hall–Kier alpha value is -1.60. The van der Waals surface area contributed by atoms with Gasteiger partial charge in [-0.25, -0.2) is 4.79 Å². The van der Waals surface area contributed by atoms with E-state index in [-0.39, 0.29) is 16.2 Å². The van der Waals surface area contributed by atoms with Crippen molar-refractivity contribution in [3.8, 4) is 5.75 Å². The van der Waals surface area contributed by atoms with Gasteiger partial charge in [0.1, 0.15) is 11.3 Å². The number of rotatable bonds is 5. The summed E-state index contributed by atoms with van der Waals surface area (Å²) in [6.45, 7) is 2.10. The van der Waals surface area contributed by atoms with Crippen LogP contribution in [0.15, 0.2) is 23.1 Å². The predicted octanol–water partition coefficient (Wildman–Crippen LogP) is 1.21. The third kappa shape index (κ3) is 2.99. The predicted molar refractivity (Wildman–Crippen MR) is 63.1 cm³/mol. The Morgan fingerprint density at radius 1 is 1.28 bits per heavy atom. The number of ether oxygens (including phenoxy) is 2. The molecule has 0 atom stereocenters. The Balaban J connectivity index is 3.34. The molecule has 0 amide bonds. The van der Waals surface area contributed by atoms with Gasteiger partial charge in [0.2, 0.25) is 0 Å². The zero-order chi connectivity index (χ0) is 13.8. The topological polar surface area (TPSA) is 78.9 Å². The molecule has 0 fully saturated rings. The van der Waals surface area contributed by atoms with Gasteiger partial charge in [-0.1, -0.05) is 0 Å². The second-order valence-electron chi connectivity index (χ2n) is 3.20. The molecule has 0 radical (unpaired) electrons. The molecule has 0 N–H and O–H groups in total. The van der Waals surface area contributed by atoms with Crippen LogP contribution in [-0.2, 0) is 19.0 Å². The summed E-state index contributed by atoms with van der Waals surface area (Å²) in [7, 11) is -1.61. The molecule has 1 aromatic carbocycles. The first-order chi connectivity index (χ1) is 8.46. The summed E-state index contributed by atoms with van der Waals surface area (Å²) in [6.07, 6.45) is 0. The van der Waals surface area contributed by atoms with Crippen LogP contribution >= 0.6 is 0 Å². The average molecular weight is 274 g/mol. The first kappa shape index (κ1) is 14.5. The standard InChI is InChI=1S/C11H14O6S/c1-4-17-10-6-5-8(18(13,14)16-3)7-9(10)11(12)15-2/h5-7H,4H2,1-3H3. The summed E-state index contributed by atoms with van der Waals surface area (Å²) in [5.74, 6) is -0.411. The van der Waals surface area contributed by atoms with Crippen LogP contribution in [0.1, 0.15) is 17.3 Å². The van der Waals surface area contributed by atoms with E-state index < -0.39 is 16.1 Å². The van der Waals surface area contributed by atoms with Crippen molar-refractivity contribution in [2.75, 3.05) is 20.8 Å². The number of benzene rings is 1. The highest BCUT2D eigenvalue weighted by atomic mass is 32.2. The lowest BCUT2D eigenvalue weighted by Crippen LogP contribution is -2.09. The monoisotopic (exact) mass is 274 g/mol. The number of carbonyl (C=O) groups excluding carboxylic acids is 1. The number of carbonyl (C=O) groups is 1. The van der Waals surface area contributed by atoms with E-state index in [1.54, 1.807) is 6.92 Å². The summed E-state index contributed by atoms with van der Waals surface area (Å²) in [5, 5.41) is 0. The molecule has 0 aliphatic heterocycles. The fraction of sp³-hybridized carbons (Fsp3) is 0.364. The molecule has 0 heterocycles. The van der Waals surface area contributed by atoms with Crippen molar-refractivity contribution < 1.29 is 26.9 Å². The number of esters is 1. The number of hydrogen-bond acceptors (Lipinski definition) is 6. The van der Waals surface area contributed by atoms with Crippen molar-refractivity contribution in [3.63, 3.8) is 0 Å². The van der Waals surface area contributed by atoms with Crippen LogP contribution in [0.2, 0.25) is 0 Å². The highest BCUT2D eigenvalue weighted by molar-refractivity contribution is 7.86. The van der Waals surface area contributed by atoms with E-state index in [1.807, 2.05) is 0 Å². The summed E-state index contributed by atoms with van der Waals surface area (Å²) < 4.78 is 37.2. The van der Waals surface area contributed by atoms with Crippen LogP contribution < -0.4 is 4.74 Å². The Bertz CT molecular complexity index is 534. The first-order valence-corrected chi connectivity index (χ1v) is 6.53. The lowest BCUT2D eigenvalue weighted by atomic mass is 10.2. The molecule has 0 spiro atoms. The van der Waals surface area contributed by atoms with E-state index in [9.17, 15) is 13.2 Å². The van der Waals surface area contributed by atoms with Crippen molar-refractivity contribution in [2.24, 2.45) is 0 Å². The van der Waals surface area contributed by atoms with E-state index in [2.05, 4.69) is 8.92 Å². The van der Waals surface area contributed by atoms with Crippen molar-refractivity contribution in [2.45, 2.75) is 11.8 Å². The molecule has 0 aromatic heterocycles. The zero-order valence-electron chi connectivity index (χ0n) is 10.3. The molecule has 0 aliphatic rings. The minimum atomic E-state index is -3.86. The molecule has 0 saturated heterocycles. The van der Waals surface area contributed by atoms with Crippen LogP contribution in [0.4, 0.5) is 0 Å². The summed E-state index contributed by atoms with van der Waals surface area (Å²) in [5.41, 5.74) is 0.0393. The van der Waals surface area contributed by atoms with Gasteiger partial charge in [0.15, 0.2) is 0 Å².